The molecule has 5 heteroatoms. The number of fused-ring (bicyclic) bond motifs is 1. The van der Waals surface area contributed by atoms with Crippen molar-refractivity contribution in [3.8, 4) is 11.4 Å². The van der Waals surface area contributed by atoms with Gasteiger partial charge in [0.2, 0.25) is 0 Å². The van der Waals surface area contributed by atoms with Crippen LogP contribution in [-0.2, 0) is 0 Å². The normalized spacial score (nSPS) is 11.2. The average Bonchev–Trinajstić information content (AvgIpc) is 2.74. The van der Waals surface area contributed by atoms with Crippen LogP contribution < -0.4 is 10.5 Å². The van der Waals surface area contributed by atoms with Gasteiger partial charge in [-0.3, -0.25) is 4.79 Å². The van der Waals surface area contributed by atoms with Gasteiger partial charge in [0.15, 0.2) is 5.82 Å². The molecule has 1 aromatic heterocycles. The van der Waals surface area contributed by atoms with Crippen LogP contribution in [0.5, 0.6) is 0 Å². The molecule has 0 bridgehead atoms. The zero-order valence-corrected chi connectivity index (χ0v) is 15.8. The van der Waals surface area contributed by atoms with E-state index < -0.39 is 0 Å². The molecule has 0 aliphatic heterocycles. The highest BCUT2D eigenvalue weighted by atomic mass is 16.1. The predicted octanol–water partition coefficient (Wildman–Crippen LogP) is 4.01. The van der Waals surface area contributed by atoms with Crippen molar-refractivity contribution in [3.63, 3.8) is 0 Å². The summed E-state index contributed by atoms with van der Waals surface area (Å²) in [5.74, 6) is 0.519. The highest BCUT2D eigenvalue weighted by molar-refractivity contribution is 5.82. The van der Waals surface area contributed by atoms with E-state index in [1.807, 2.05) is 91.8 Å². The lowest BCUT2D eigenvalue weighted by Crippen LogP contribution is -2.20. The summed E-state index contributed by atoms with van der Waals surface area (Å²) < 4.78 is 1.37. The highest BCUT2D eigenvalue weighted by Crippen LogP contribution is 2.18. The first-order valence-electron chi connectivity index (χ1n) is 9.02. The van der Waals surface area contributed by atoms with E-state index >= 15 is 0 Å². The summed E-state index contributed by atoms with van der Waals surface area (Å²) in [4.78, 5) is 19.8. The third kappa shape index (κ3) is 3.42. The van der Waals surface area contributed by atoms with E-state index in [9.17, 15) is 4.79 Å². The van der Waals surface area contributed by atoms with Crippen LogP contribution in [0.4, 0.5) is 5.69 Å². The Morgan fingerprint density at radius 1 is 0.893 bits per heavy atom. The van der Waals surface area contributed by atoms with Crippen molar-refractivity contribution < 1.29 is 0 Å². The van der Waals surface area contributed by atoms with E-state index in [4.69, 9.17) is 4.98 Å². The summed E-state index contributed by atoms with van der Waals surface area (Å²) in [7, 11) is 3.99. The Morgan fingerprint density at radius 3 is 2.29 bits per heavy atom. The summed E-state index contributed by atoms with van der Waals surface area (Å²) in [6.45, 7) is 0. The largest absolute Gasteiger partial charge is 0.378 e. The van der Waals surface area contributed by atoms with Gasteiger partial charge in [0, 0.05) is 25.3 Å². The molecule has 138 valence electrons. The molecule has 0 N–H and O–H groups in total. The molecule has 0 aliphatic carbocycles. The second kappa shape index (κ2) is 7.48. The summed E-state index contributed by atoms with van der Waals surface area (Å²) in [6.07, 6.45) is 1.68. The van der Waals surface area contributed by atoms with E-state index in [1.54, 1.807) is 12.3 Å². The molecule has 0 radical (unpaired) electrons. The lowest BCUT2D eigenvalue weighted by molar-refractivity contribution is 0.830. The Balaban J connectivity index is 1.85. The predicted molar refractivity (Wildman–Crippen MR) is 115 cm³/mol. The van der Waals surface area contributed by atoms with Gasteiger partial charge in [-0.15, -0.1) is 0 Å². The molecule has 4 rings (SSSR count). The molecule has 3 aromatic carbocycles. The standard InChI is InChI=1S/C23H20N4O/c1-26(2)19-14-12-17(13-15-19)16-24-27-22(18-8-4-3-5-9-18)25-21-11-7-6-10-20(21)23(27)28/h3-16H,1-2H3. The number of rotatable bonds is 4. The zero-order valence-electron chi connectivity index (χ0n) is 15.8. The molecule has 1 heterocycles. The highest BCUT2D eigenvalue weighted by Gasteiger charge is 2.11. The van der Waals surface area contributed by atoms with E-state index in [-0.39, 0.29) is 5.56 Å². The van der Waals surface area contributed by atoms with Crippen LogP contribution in [0.2, 0.25) is 0 Å². The first kappa shape index (κ1) is 17.7. The van der Waals surface area contributed by atoms with Crippen LogP contribution >= 0.6 is 0 Å². The molecule has 0 spiro atoms. The lowest BCUT2D eigenvalue weighted by Gasteiger charge is -2.12. The summed E-state index contributed by atoms with van der Waals surface area (Å²) in [5, 5.41) is 5.02. The third-order valence-corrected chi connectivity index (χ3v) is 4.52. The SMILES string of the molecule is CN(C)c1ccc(C=Nn2c(-c3ccccc3)nc3ccccc3c2=O)cc1. The van der Waals surface area contributed by atoms with Crippen LogP contribution in [0.25, 0.3) is 22.3 Å². The van der Waals surface area contributed by atoms with Crippen molar-refractivity contribution >= 4 is 22.8 Å². The van der Waals surface area contributed by atoms with Crippen LogP contribution in [0.3, 0.4) is 0 Å². The van der Waals surface area contributed by atoms with Crippen LogP contribution in [0.15, 0.2) is 88.8 Å². The van der Waals surface area contributed by atoms with E-state index in [1.165, 1.54) is 4.68 Å². The number of benzene rings is 3. The van der Waals surface area contributed by atoms with Crippen molar-refractivity contribution in [1.29, 1.82) is 0 Å². The molecule has 0 fully saturated rings. The smallest absolute Gasteiger partial charge is 0.282 e. The number of hydrogen-bond acceptors (Lipinski definition) is 4. The minimum absolute atomic E-state index is 0.189. The fourth-order valence-corrected chi connectivity index (χ4v) is 2.99. The summed E-state index contributed by atoms with van der Waals surface area (Å²) in [6, 6.07) is 24.9. The molecule has 5 nitrogen and oxygen atoms in total. The number of para-hydroxylation sites is 1. The van der Waals surface area contributed by atoms with Crippen molar-refractivity contribution in [2.24, 2.45) is 5.10 Å². The van der Waals surface area contributed by atoms with Crippen molar-refractivity contribution in [2.45, 2.75) is 0 Å². The van der Waals surface area contributed by atoms with E-state index in [0.29, 0.717) is 16.7 Å². The van der Waals surface area contributed by atoms with Gasteiger partial charge in [-0.2, -0.15) is 9.78 Å². The quantitative estimate of drug-likeness (QED) is 0.512. The first-order chi connectivity index (χ1) is 13.6. The van der Waals surface area contributed by atoms with Gasteiger partial charge in [-0.1, -0.05) is 54.6 Å². The lowest BCUT2D eigenvalue weighted by atomic mass is 10.2. The topological polar surface area (TPSA) is 50.5 Å². The molecule has 0 aliphatic rings. The fourth-order valence-electron chi connectivity index (χ4n) is 2.99. The maximum absolute atomic E-state index is 13.1. The minimum Gasteiger partial charge on any atom is -0.378 e. The van der Waals surface area contributed by atoms with Crippen molar-refractivity contribution in [2.75, 3.05) is 19.0 Å². The van der Waals surface area contributed by atoms with Crippen molar-refractivity contribution in [3.05, 3.63) is 94.8 Å². The first-order valence-corrected chi connectivity index (χ1v) is 9.02. The Bertz CT molecular complexity index is 1190. The molecular formula is C23H20N4O. The number of hydrogen-bond donors (Lipinski definition) is 0. The molecule has 0 amide bonds. The number of anilines is 1. The van der Waals surface area contributed by atoms with E-state index in [0.717, 1.165) is 16.8 Å². The molecule has 28 heavy (non-hydrogen) atoms. The maximum Gasteiger partial charge on any atom is 0.282 e. The molecule has 0 saturated heterocycles. The Labute approximate surface area is 163 Å². The van der Waals surface area contributed by atoms with Crippen LogP contribution in [-0.4, -0.2) is 30.0 Å². The van der Waals surface area contributed by atoms with Gasteiger partial charge in [-0.25, -0.2) is 4.98 Å². The summed E-state index contributed by atoms with van der Waals surface area (Å²) in [5.41, 5.74) is 3.32. The van der Waals surface area contributed by atoms with Crippen molar-refractivity contribution in [1.82, 2.24) is 9.66 Å². The Kier molecular flexibility index (Phi) is 4.72. The molecule has 0 saturated carbocycles. The van der Waals surface area contributed by atoms with E-state index in [2.05, 4.69) is 5.10 Å². The molecule has 0 atom stereocenters. The summed E-state index contributed by atoms with van der Waals surface area (Å²) >= 11 is 0. The second-order valence-corrected chi connectivity index (χ2v) is 6.67. The monoisotopic (exact) mass is 368 g/mol. The fraction of sp³-hybridized carbons (Fsp3) is 0.0870. The molecule has 0 unspecified atom stereocenters. The average molecular weight is 368 g/mol. The van der Waals surface area contributed by atoms with Gasteiger partial charge in [-0.05, 0) is 29.8 Å². The Hall–Kier alpha value is -3.73. The minimum atomic E-state index is -0.189. The van der Waals surface area contributed by atoms with Gasteiger partial charge >= 0.3 is 0 Å². The molecular weight excluding hydrogens is 348 g/mol. The third-order valence-electron chi connectivity index (χ3n) is 4.52. The van der Waals surface area contributed by atoms with Gasteiger partial charge < -0.3 is 4.90 Å². The Morgan fingerprint density at radius 2 is 1.57 bits per heavy atom. The maximum atomic E-state index is 13.1. The van der Waals surface area contributed by atoms with Gasteiger partial charge in [0.05, 0.1) is 17.1 Å². The van der Waals surface area contributed by atoms with Gasteiger partial charge in [0.25, 0.3) is 5.56 Å². The van der Waals surface area contributed by atoms with Crippen LogP contribution in [0.1, 0.15) is 5.56 Å². The van der Waals surface area contributed by atoms with Gasteiger partial charge in [0.1, 0.15) is 0 Å². The second-order valence-electron chi connectivity index (χ2n) is 6.67. The van der Waals surface area contributed by atoms with Crippen LogP contribution in [0, 0.1) is 0 Å². The zero-order chi connectivity index (χ0) is 19.5. The molecule has 4 aromatic rings. The number of nitrogens with zero attached hydrogens (tertiary/aromatic N) is 4. The number of aromatic nitrogens is 2.